The molecule has 0 spiro atoms. The Labute approximate surface area is 163 Å². The highest BCUT2D eigenvalue weighted by Gasteiger charge is 2.26. The van der Waals surface area contributed by atoms with Crippen LogP contribution >= 0.6 is 0 Å². The minimum Gasteiger partial charge on any atom is -0.355 e. The summed E-state index contributed by atoms with van der Waals surface area (Å²) in [5.74, 6) is 0.921. The number of carbonyl (C=O) groups excluding carboxylic acids is 1. The highest BCUT2D eigenvalue weighted by Crippen LogP contribution is 2.23. The van der Waals surface area contributed by atoms with Crippen molar-refractivity contribution in [3.8, 4) is 0 Å². The Balaban J connectivity index is 1.33. The Kier molecular flexibility index (Phi) is 5.43. The van der Waals surface area contributed by atoms with Crippen molar-refractivity contribution in [2.45, 2.75) is 26.3 Å². The van der Waals surface area contributed by atoms with Gasteiger partial charge < -0.3 is 15.5 Å². The SMILES string of the molecule is CCNCc1cccc(NC(=O)C2CCN(c3ccc4nnnn4n3)CC2)c1. The number of tetrazole rings is 1. The van der Waals surface area contributed by atoms with E-state index < -0.39 is 0 Å². The maximum absolute atomic E-state index is 12.7. The Bertz CT molecular complexity index is 948. The van der Waals surface area contributed by atoms with E-state index in [9.17, 15) is 4.79 Å². The number of fused-ring (bicyclic) bond motifs is 1. The summed E-state index contributed by atoms with van der Waals surface area (Å²) in [5.41, 5.74) is 2.64. The highest BCUT2D eigenvalue weighted by atomic mass is 16.1. The number of hydrogen-bond donors (Lipinski definition) is 2. The van der Waals surface area contributed by atoms with Gasteiger partial charge in [-0.15, -0.1) is 14.8 Å². The van der Waals surface area contributed by atoms with Crippen molar-refractivity contribution in [3.63, 3.8) is 0 Å². The van der Waals surface area contributed by atoms with E-state index >= 15 is 0 Å². The lowest BCUT2D eigenvalue weighted by Gasteiger charge is -2.31. The monoisotopic (exact) mass is 380 g/mol. The number of carbonyl (C=O) groups is 1. The average Bonchev–Trinajstić information content (AvgIpc) is 3.20. The summed E-state index contributed by atoms with van der Waals surface area (Å²) in [7, 11) is 0. The predicted molar refractivity (Wildman–Crippen MR) is 106 cm³/mol. The summed E-state index contributed by atoms with van der Waals surface area (Å²) in [6.45, 7) is 5.36. The minimum absolute atomic E-state index is 0.00504. The molecule has 0 saturated carbocycles. The molecule has 2 aromatic heterocycles. The maximum Gasteiger partial charge on any atom is 0.227 e. The summed E-state index contributed by atoms with van der Waals surface area (Å²) in [5, 5.41) is 22.1. The Morgan fingerprint density at radius 3 is 2.89 bits per heavy atom. The molecule has 2 N–H and O–H groups in total. The highest BCUT2D eigenvalue weighted by molar-refractivity contribution is 5.92. The lowest BCUT2D eigenvalue weighted by molar-refractivity contribution is -0.120. The first-order valence-corrected chi connectivity index (χ1v) is 9.64. The van der Waals surface area contributed by atoms with Crippen molar-refractivity contribution in [2.24, 2.45) is 5.92 Å². The Morgan fingerprint density at radius 1 is 1.21 bits per heavy atom. The van der Waals surface area contributed by atoms with E-state index in [1.165, 1.54) is 10.2 Å². The van der Waals surface area contributed by atoms with E-state index in [4.69, 9.17) is 0 Å². The number of amides is 1. The van der Waals surface area contributed by atoms with E-state index in [1.807, 2.05) is 30.3 Å². The van der Waals surface area contributed by atoms with Gasteiger partial charge in [-0.1, -0.05) is 19.1 Å². The molecule has 9 nitrogen and oxygen atoms in total. The molecule has 3 aromatic rings. The van der Waals surface area contributed by atoms with Crippen LogP contribution in [-0.4, -0.2) is 50.8 Å². The Morgan fingerprint density at radius 2 is 2.07 bits per heavy atom. The molecule has 9 heteroatoms. The topological polar surface area (TPSA) is 100 Å². The molecule has 3 heterocycles. The van der Waals surface area contributed by atoms with Crippen LogP contribution in [0.5, 0.6) is 0 Å². The van der Waals surface area contributed by atoms with Gasteiger partial charge in [0.15, 0.2) is 11.5 Å². The van der Waals surface area contributed by atoms with Crippen molar-refractivity contribution >= 4 is 23.1 Å². The summed E-state index contributed by atoms with van der Waals surface area (Å²) in [6.07, 6.45) is 1.58. The van der Waals surface area contributed by atoms with Gasteiger partial charge in [-0.25, -0.2) is 0 Å². The third kappa shape index (κ3) is 4.09. The van der Waals surface area contributed by atoms with Crippen LogP contribution in [-0.2, 0) is 11.3 Å². The number of piperidine rings is 1. The molecule has 1 saturated heterocycles. The van der Waals surface area contributed by atoms with Crippen molar-refractivity contribution in [1.82, 2.24) is 30.6 Å². The van der Waals surface area contributed by atoms with Gasteiger partial charge in [0.25, 0.3) is 0 Å². The van der Waals surface area contributed by atoms with Gasteiger partial charge >= 0.3 is 0 Å². The summed E-state index contributed by atoms with van der Waals surface area (Å²) < 4.78 is 1.43. The largest absolute Gasteiger partial charge is 0.355 e. The fourth-order valence-electron chi connectivity index (χ4n) is 3.45. The van der Waals surface area contributed by atoms with E-state index in [0.717, 1.165) is 50.5 Å². The number of anilines is 2. The molecule has 28 heavy (non-hydrogen) atoms. The summed E-state index contributed by atoms with van der Waals surface area (Å²) >= 11 is 0. The molecular formula is C19H24N8O. The van der Waals surface area contributed by atoms with Gasteiger partial charge in [0.1, 0.15) is 0 Å². The number of nitrogens with zero attached hydrogens (tertiary/aromatic N) is 6. The van der Waals surface area contributed by atoms with E-state index in [-0.39, 0.29) is 11.8 Å². The lowest BCUT2D eigenvalue weighted by atomic mass is 9.95. The second-order valence-electron chi connectivity index (χ2n) is 6.95. The van der Waals surface area contributed by atoms with Crippen LogP contribution in [0.1, 0.15) is 25.3 Å². The van der Waals surface area contributed by atoms with Gasteiger partial charge in [0, 0.05) is 31.2 Å². The zero-order valence-electron chi connectivity index (χ0n) is 15.9. The average molecular weight is 380 g/mol. The molecule has 4 rings (SSSR count). The second kappa shape index (κ2) is 8.30. The van der Waals surface area contributed by atoms with Crippen LogP contribution in [0.2, 0.25) is 0 Å². The molecule has 1 aromatic carbocycles. The van der Waals surface area contributed by atoms with Crippen molar-refractivity contribution in [1.29, 1.82) is 0 Å². The van der Waals surface area contributed by atoms with Crippen LogP contribution in [0.25, 0.3) is 5.65 Å². The molecule has 1 fully saturated rings. The van der Waals surface area contributed by atoms with Gasteiger partial charge in [0.05, 0.1) is 0 Å². The van der Waals surface area contributed by atoms with Crippen LogP contribution in [0.15, 0.2) is 36.4 Å². The summed E-state index contributed by atoms with van der Waals surface area (Å²) in [4.78, 5) is 14.9. The first-order valence-electron chi connectivity index (χ1n) is 9.64. The second-order valence-corrected chi connectivity index (χ2v) is 6.95. The molecule has 0 atom stereocenters. The van der Waals surface area contributed by atoms with E-state index in [2.05, 4.69) is 49.1 Å². The number of nitrogens with one attached hydrogen (secondary N) is 2. The molecular weight excluding hydrogens is 356 g/mol. The molecule has 0 aliphatic carbocycles. The standard InChI is InChI=1S/C19H24N8O/c1-2-20-13-14-4-3-5-16(12-14)21-19(28)15-8-10-26(11-9-15)18-7-6-17-22-24-25-27(17)23-18/h3-7,12,15,20H,2,8-11,13H2,1H3,(H,21,28). The Hall–Kier alpha value is -3.07. The van der Waals surface area contributed by atoms with Crippen LogP contribution in [0.3, 0.4) is 0 Å². The number of rotatable bonds is 6. The maximum atomic E-state index is 12.7. The van der Waals surface area contributed by atoms with Gasteiger partial charge in [-0.2, -0.15) is 0 Å². The minimum atomic E-state index is 0.00504. The molecule has 0 radical (unpaired) electrons. The zero-order chi connectivity index (χ0) is 19.3. The molecule has 1 aliphatic rings. The number of hydrogen-bond acceptors (Lipinski definition) is 7. The lowest BCUT2D eigenvalue weighted by Crippen LogP contribution is -2.38. The van der Waals surface area contributed by atoms with E-state index in [0.29, 0.717) is 5.65 Å². The summed E-state index contributed by atoms with van der Waals surface area (Å²) in [6, 6.07) is 11.8. The smallest absolute Gasteiger partial charge is 0.227 e. The fraction of sp³-hybridized carbons (Fsp3) is 0.421. The fourth-order valence-corrected chi connectivity index (χ4v) is 3.45. The van der Waals surface area contributed by atoms with Crippen molar-refractivity contribution in [2.75, 3.05) is 29.9 Å². The molecule has 1 amide bonds. The van der Waals surface area contributed by atoms with Crippen molar-refractivity contribution < 1.29 is 4.79 Å². The van der Waals surface area contributed by atoms with Crippen LogP contribution in [0.4, 0.5) is 11.5 Å². The van der Waals surface area contributed by atoms with E-state index in [1.54, 1.807) is 0 Å². The normalized spacial score (nSPS) is 15.1. The third-order valence-electron chi connectivity index (χ3n) is 5.02. The molecule has 0 unspecified atom stereocenters. The van der Waals surface area contributed by atoms with Gasteiger partial charge in [-0.05, 0) is 59.6 Å². The van der Waals surface area contributed by atoms with Crippen LogP contribution < -0.4 is 15.5 Å². The number of aromatic nitrogens is 5. The predicted octanol–water partition coefficient (Wildman–Crippen LogP) is 1.48. The first kappa shape index (κ1) is 18.3. The quantitative estimate of drug-likeness (QED) is 0.668. The molecule has 1 aliphatic heterocycles. The van der Waals surface area contributed by atoms with Crippen molar-refractivity contribution in [3.05, 3.63) is 42.0 Å². The van der Waals surface area contributed by atoms with Gasteiger partial charge in [-0.3, -0.25) is 4.79 Å². The zero-order valence-corrected chi connectivity index (χ0v) is 15.9. The molecule has 0 bridgehead atoms. The first-order chi connectivity index (χ1) is 13.7. The number of benzene rings is 1. The van der Waals surface area contributed by atoms with Crippen LogP contribution in [0, 0.1) is 5.92 Å². The third-order valence-corrected chi connectivity index (χ3v) is 5.02. The molecule has 146 valence electrons. The van der Waals surface area contributed by atoms with Gasteiger partial charge in [0.2, 0.25) is 5.91 Å².